The fourth-order valence-electron chi connectivity index (χ4n) is 1.76. The molecule has 19 heavy (non-hydrogen) atoms. The van der Waals surface area contributed by atoms with Crippen LogP contribution in [0.15, 0.2) is 47.1 Å². The van der Waals surface area contributed by atoms with Crippen molar-refractivity contribution >= 4 is 44.9 Å². The Morgan fingerprint density at radius 3 is 2.63 bits per heavy atom. The molecule has 1 aromatic carbocycles. The van der Waals surface area contributed by atoms with Crippen LogP contribution < -0.4 is 5.32 Å². The van der Waals surface area contributed by atoms with Gasteiger partial charge < -0.3 is 5.32 Å². The van der Waals surface area contributed by atoms with Gasteiger partial charge in [-0.3, -0.25) is 0 Å². The number of pyridine rings is 1. The first kappa shape index (κ1) is 14.6. The number of anilines is 1. The van der Waals surface area contributed by atoms with Gasteiger partial charge in [0, 0.05) is 22.6 Å². The van der Waals surface area contributed by atoms with Crippen LogP contribution in [-0.4, -0.2) is 16.9 Å². The molecule has 0 amide bonds. The number of hydrogen-bond donors (Lipinski definition) is 1. The number of nitrogens with zero attached hydrogens (tertiary/aromatic N) is 1. The van der Waals surface area contributed by atoms with Crippen molar-refractivity contribution in [2.75, 3.05) is 11.2 Å². The molecule has 0 aliphatic carbocycles. The molecule has 0 radical (unpaired) electrons. The van der Waals surface area contributed by atoms with E-state index in [1.165, 1.54) is 5.56 Å². The third-order valence-corrected chi connectivity index (χ3v) is 3.75. The van der Waals surface area contributed by atoms with Crippen molar-refractivity contribution in [3.63, 3.8) is 0 Å². The second-order valence-corrected chi connectivity index (χ2v) is 5.80. The summed E-state index contributed by atoms with van der Waals surface area (Å²) in [6, 6.07) is 12.1. The van der Waals surface area contributed by atoms with Crippen LogP contribution in [-0.2, 0) is 6.42 Å². The van der Waals surface area contributed by atoms with E-state index < -0.39 is 0 Å². The Kier molecular flexibility index (Phi) is 5.49. The van der Waals surface area contributed by atoms with Crippen molar-refractivity contribution in [2.45, 2.75) is 12.5 Å². The molecule has 1 unspecified atom stereocenters. The van der Waals surface area contributed by atoms with Gasteiger partial charge in [-0.1, -0.05) is 41.9 Å². The highest BCUT2D eigenvalue weighted by Crippen LogP contribution is 2.24. The highest BCUT2D eigenvalue weighted by atomic mass is 79.9. The van der Waals surface area contributed by atoms with Gasteiger partial charge in [0.05, 0.1) is 5.02 Å². The maximum atomic E-state index is 6.14. The van der Waals surface area contributed by atoms with Crippen molar-refractivity contribution in [3.8, 4) is 0 Å². The van der Waals surface area contributed by atoms with Crippen LogP contribution >= 0.6 is 39.1 Å². The van der Waals surface area contributed by atoms with E-state index in [1.54, 1.807) is 6.20 Å². The summed E-state index contributed by atoms with van der Waals surface area (Å²) in [6.07, 6.45) is 2.54. The van der Waals surface area contributed by atoms with Gasteiger partial charge in [0.2, 0.25) is 0 Å². The molecule has 1 N–H and O–H groups in total. The van der Waals surface area contributed by atoms with Gasteiger partial charge in [0.25, 0.3) is 0 Å². The topological polar surface area (TPSA) is 24.9 Å². The number of benzene rings is 1. The van der Waals surface area contributed by atoms with Gasteiger partial charge in [-0.25, -0.2) is 4.98 Å². The van der Waals surface area contributed by atoms with Gasteiger partial charge >= 0.3 is 0 Å². The molecule has 0 aliphatic heterocycles. The van der Waals surface area contributed by atoms with E-state index >= 15 is 0 Å². The molecular weight excluding hydrogens is 347 g/mol. The number of aromatic nitrogens is 1. The minimum absolute atomic E-state index is 0.0928. The van der Waals surface area contributed by atoms with Crippen LogP contribution in [0, 0.1) is 0 Å². The van der Waals surface area contributed by atoms with E-state index in [2.05, 4.69) is 38.4 Å². The SMILES string of the molecule is ClCC(Cc1ccccc1)Nc1ncc(Br)cc1Cl. The Morgan fingerprint density at radius 1 is 1.26 bits per heavy atom. The van der Waals surface area contributed by atoms with E-state index in [0.717, 1.165) is 10.9 Å². The Hall–Kier alpha value is -0.770. The van der Waals surface area contributed by atoms with Crippen molar-refractivity contribution in [1.82, 2.24) is 4.98 Å². The summed E-state index contributed by atoms with van der Waals surface area (Å²) in [5.41, 5.74) is 1.23. The van der Waals surface area contributed by atoms with Crippen LogP contribution in [0.4, 0.5) is 5.82 Å². The van der Waals surface area contributed by atoms with E-state index in [1.807, 2.05) is 24.3 Å². The van der Waals surface area contributed by atoms with Gasteiger partial charge in [0.1, 0.15) is 5.82 Å². The first-order valence-corrected chi connectivity index (χ1v) is 7.57. The lowest BCUT2D eigenvalue weighted by atomic mass is 10.1. The monoisotopic (exact) mass is 358 g/mol. The van der Waals surface area contributed by atoms with Crippen LogP contribution in [0.1, 0.15) is 5.56 Å². The average Bonchev–Trinajstić information content (AvgIpc) is 2.42. The van der Waals surface area contributed by atoms with Gasteiger partial charge in [-0.2, -0.15) is 0 Å². The first-order valence-electron chi connectivity index (χ1n) is 5.86. The average molecular weight is 360 g/mol. The summed E-state index contributed by atoms with van der Waals surface area (Å²) in [7, 11) is 0. The third kappa shape index (κ3) is 4.37. The molecule has 1 atom stereocenters. The van der Waals surface area contributed by atoms with Crippen LogP contribution in [0.25, 0.3) is 0 Å². The summed E-state index contributed by atoms with van der Waals surface area (Å²) in [5.74, 6) is 1.15. The molecule has 100 valence electrons. The maximum Gasteiger partial charge on any atom is 0.145 e. The molecule has 1 aromatic heterocycles. The molecule has 0 fully saturated rings. The normalized spacial score (nSPS) is 12.2. The van der Waals surface area contributed by atoms with Gasteiger partial charge in [-0.15, -0.1) is 11.6 Å². The Balaban J connectivity index is 2.06. The lowest BCUT2D eigenvalue weighted by Crippen LogP contribution is -2.24. The van der Waals surface area contributed by atoms with Crippen LogP contribution in [0.2, 0.25) is 5.02 Å². The summed E-state index contributed by atoms with van der Waals surface area (Å²) < 4.78 is 0.855. The second kappa shape index (κ2) is 7.13. The fraction of sp³-hybridized carbons (Fsp3) is 0.214. The third-order valence-electron chi connectivity index (χ3n) is 2.66. The zero-order chi connectivity index (χ0) is 13.7. The standard InChI is InChI=1S/C14H13BrCl2N2/c15-11-7-13(17)14(18-9-11)19-12(8-16)6-10-4-2-1-3-5-10/h1-5,7,9,12H,6,8H2,(H,18,19). The largest absolute Gasteiger partial charge is 0.365 e. The molecule has 2 aromatic rings. The van der Waals surface area contributed by atoms with E-state index in [4.69, 9.17) is 23.2 Å². The number of alkyl halides is 1. The maximum absolute atomic E-state index is 6.14. The van der Waals surface area contributed by atoms with Crippen LogP contribution in [0.5, 0.6) is 0 Å². The summed E-state index contributed by atoms with van der Waals surface area (Å²) in [5, 5.41) is 3.86. The molecule has 2 rings (SSSR count). The molecule has 1 heterocycles. The zero-order valence-electron chi connectivity index (χ0n) is 10.1. The molecule has 0 saturated heterocycles. The van der Waals surface area contributed by atoms with E-state index in [9.17, 15) is 0 Å². The predicted octanol–water partition coefficient (Wildman–Crippen LogP) is 4.76. The first-order chi connectivity index (χ1) is 9.19. The van der Waals surface area contributed by atoms with Crippen molar-refractivity contribution < 1.29 is 0 Å². The quantitative estimate of drug-likeness (QED) is 0.778. The predicted molar refractivity (Wildman–Crippen MR) is 85.2 cm³/mol. The smallest absolute Gasteiger partial charge is 0.145 e. The molecule has 5 heteroatoms. The van der Waals surface area contributed by atoms with E-state index in [-0.39, 0.29) is 6.04 Å². The number of nitrogens with one attached hydrogen (secondary N) is 1. The zero-order valence-corrected chi connectivity index (χ0v) is 13.2. The fourth-order valence-corrected chi connectivity index (χ4v) is 2.63. The number of halogens is 3. The molecule has 0 spiro atoms. The number of rotatable bonds is 5. The summed E-state index contributed by atoms with van der Waals surface area (Å²) >= 11 is 15.5. The Morgan fingerprint density at radius 2 is 2.00 bits per heavy atom. The highest BCUT2D eigenvalue weighted by Gasteiger charge is 2.11. The molecular formula is C14H13BrCl2N2. The highest BCUT2D eigenvalue weighted by molar-refractivity contribution is 9.10. The minimum atomic E-state index is 0.0928. The number of hydrogen-bond acceptors (Lipinski definition) is 2. The lowest BCUT2D eigenvalue weighted by molar-refractivity contribution is 0.791. The van der Waals surface area contributed by atoms with Crippen molar-refractivity contribution in [2.24, 2.45) is 0 Å². The molecule has 2 nitrogen and oxygen atoms in total. The molecule has 0 bridgehead atoms. The van der Waals surface area contributed by atoms with Gasteiger partial charge in [0.15, 0.2) is 0 Å². The molecule has 0 saturated carbocycles. The summed E-state index contributed by atoms with van der Waals surface area (Å²) in [4.78, 5) is 4.26. The summed E-state index contributed by atoms with van der Waals surface area (Å²) in [6.45, 7) is 0. The Labute approximate surface area is 131 Å². The van der Waals surface area contributed by atoms with E-state index in [0.29, 0.717) is 16.7 Å². The lowest BCUT2D eigenvalue weighted by Gasteiger charge is -2.17. The Bertz CT molecular complexity index is 534. The second-order valence-electron chi connectivity index (χ2n) is 4.17. The van der Waals surface area contributed by atoms with Crippen molar-refractivity contribution in [1.29, 1.82) is 0 Å². The van der Waals surface area contributed by atoms with Crippen LogP contribution in [0.3, 0.4) is 0 Å². The molecule has 0 aliphatic rings. The van der Waals surface area contributed by atoms with Gasteiger partial charge in [-0.05, 0) is 34.0 Å². The van der Waals surface area contributed by atoms with Crippen molar-refractivity contribution in [3.05, 3.63) is 57.7 Å². The minimum Gasteiger partial charge on any atom is -0.365 e.